The first-order valence-electron chi connectivity index (χ1n) is 7.11. The molecule has 0 spiro atoms. The zero-order valence-electron chi connectivity index (χ0n) is 12.0. The zero-order valence-corrected chi connectivity index (χ0v) is 12.0. The second-order valence-corrected chi connectivity index (χ2v) is 5.58. The molecule has 17 heavy (non-hydrogen) atoms. The van der Waals surface area contributed by atoms with Gasteiger partial charge in [0.25, 0.3) is 0 Å². The molecule has 1 heterocycles. The van der Waals surface area contributed by atoms with Crippen molar-refractivity contribution >= 4 is 5.91 Å². The number of hydrogen-bond acceptors (Lipinski definition) is 2. The van der Waals surface area contributed by atoms with Crippen LogP contribution in [0.5, 0.6) is 0 Å². The fraction of sp³-hybridized carbons (Fsp3) is 0.929. The van der Waals surface area contributed by atoms with Crippen molar-refractivity contribution in [2.45, 2.75) is 78.6 Å². The van der Waals surface area contributed by atoms with Gasteiger partial charge in [-0.1, -0.05) is 40.5 Å². The molecule has 100 valence electrons. The van der Waals surface area contributed by atoms with Gasteiger partial charge in [0.2, 0.25) is 5.91 Å². The lowest BCUT2D eigenvalue weighted by Crippen LogP contribution is -2.43. The van der Waals surface area contributed by atoms with Crippen molar-refractivity contribution in [3.05, 3.63) is 0 Å². The zero-order chi connectivity index (χ0) is 13.0. The summed E-state index contributed by atoms with van der Waals surface area (Å²) < 4.78 is 0. The van der Waals surface area contributed by atoms with Crippen LogP contribution in [-0.2, 0) is 4.79 Å². The monoisotopic (exact) mass is 240 g/mol. The Kier molecular flexibility index (Phi) is 5.44. The fourth-order valence-electron chi connectivity index (χ4n) is 2.73. The molecule has 0 aromatic heterocycles. The maximum Gasteiger partial charge on any atom is 0.241 e. The van der Waals surface area contributed by atoms with E-state index in [0.717, 1.165) is 25.7 Å². The third-order valence-corrected chi connectivity index (χ3v) is 3.64. The number of carbonyl (C=O) groups is 1. The van der Waals surface area contributed by atoms with E-state index in [0.29, 0.717) is 17.9 Å². The van der Waals surface area contributed by atoms with Crippen LogP contribution < -0.4 is 5.32 Å². The highest BCUT2D eigenvalue weighted by molar-refractivity contribution is 5.84. The van der Waals surface area contributed by atoms with Gasteiger partial charge in [-0.15, -0.1) is 0 Å². The second kappa shape index (κ2) is 6.39. The van der Waals surface area contributed by atoms with Crippen LogP contribution in [-0.4, -0.2) is 29.1 Å². The topological polar surface area (TPSA) is 32.3 Å². The van der Waals surface area contributed by atoms with Gasteiger partial charge in [0.1, 0.15) is 0 Å². The van der Waals surface area contributed by atoms with Gasteiger partial charge in [-0.05, 0) is 25.7 Å². The predicted molar refractivity (Wildman–Crippen MR) is 71.7 cm³/mol. The Hall–Kier alpha value is -0.570. The Bertz CT molecular complexity index is 253. The van der Waals surface area contributed by atoms with E-state index in [1.807, 2.05) is 0 Å². The molecular formula is C14H28N2O. The van der Waals surface area contributed by atoms with E-state index < -0.39 is 0 Å². The lowest BCUT2D eigenvalue weighted by Gasteiger charge is -2.30. The predicted octanol–water partition coefficient (Wildman–Crippen LogP) is 2.76. The molecule has 1 N–H and O–H groups in total. The van der Waals surface area contributed by atoms with E-state index >= 15 is 0 Å². The van der Waals surface area contributed by atoms with Crippen molar-refractivity contribution in [3.8, 4) is 0 Å². The van der Waals surface area contributed by atoms with Crippen LogP contribution in [0.2, 0.25) is 0 Å². The Morgan fingerprint density at radius 1 is 1.24 bits per heavy atom. The minimum absolute atomic E-state index is 0.0193. The van der Waals surface area contributed by atoms with E-state index in [9.17, 15) is 4.79 Å². The molecule has 1 amide bonds. The van der Waals surface area contributed by atoms with E-state index in [4.69, 9.17) is 0 Å². The van der Waals surface area contributed by atoms with E-state index in [2.05, 4.69) is 44.8 Å². The Morgan fingerprint density at radius 3 is 2.35 bits per heavy atom. The van der Waals surface area contributed by atoms with Gasteiger partial charge < -0.3 is 4.90 Å². The highest BCUT2D eigenvalue weighted by Gasteiger charge is 2.41. The van der Waals surface area contributed by atoms with Gasteiger partial charge in [-0.3, -0.25) is 10.1 Å². The lowest BCUT2D eigenvalue weighted by atomic mass is 10.0. The SMILES string of the molecule is CCCC(C)N1C(=O)C(C(C)C)NC1CCC. The second-order valence-electron chi connectivity index (χ2n) is 5.58. The Balaban J connectivity index is 2.78. The third-order valence-electron chi connectivity index (χ3n) is 3.64. The van der Waals surface area contributed by atoms with Gasteiger partial charge in [0.15, 0.2) is 0 Å². The molecule has 3 atom stereocenters. The van der Waals surface area contributed by atoms with Crippen LogP contribution in [0.3, 0.4) is 0 Å². The third kappa shape index (κ3) is 3.21. The Labute approximate surface area is 106 Å². The van der Waals surface area contributed by atoms with Crippen LogP contribution in [0.4, 0.5) is 0 Å². The first kappa shape index (κ1) is 14.5. The van der Waals surface area contributed by atoms with Gasteiger partial charge in [-0.25, -0.2) is 0 Å². The minimum atomic E-state index is 0.0193. The molecule has 3 nitrogen and oxygen atoms in total. The molecular weight excluding hydrogens is 212 g/mol. The first-order valence-corrected chi connectivity index (χ1v) is 7.11. The summed E-state index contributed by atoms with van der Waals surface area (Å²) in [4.78, 5) is 14.5. The molecule has 1 fully saturated rings. The lowest BCUT2D eigenvalue weighted by molar-refractivity contribution is -0.132. The number of hydrogen-bond donors (Lipinski definition) is 1. The van der Waals surface area contributed by atoms with E-state index in [1.54, 1.807) is 0 Å². The average molecular weight is 240 g/mol. The van der Waals surface area contributed by atoms with Gasteiger partial charge >= 0.3 is 0 Å². The summed E-state index contributed by atoms with van der Waals surface area (Å²) in [6.07, 6.45) is 4.66. The average Bonchev–Trinajstić information content (AvgIpc) is 2.56. The van der Waals surface area contributed by atoms with Crippen molar-refractivity contribution < 1.29 is 4.79 Å². The largest absolute Gasteiger partial charge is 0.323 e. The Morgan fingerprint density at radius 2 is 1.88 bits per heavy atom. The number of carbonyl (C=O) groups excluding carboxylic acids is 1. The summed E-state index contributed by atoms with van der Waals surface area (Å²) >= 11 is 0. The summed E-state index contributed by atoms with van der Waals surface area (Å²) in [6, 6.07) is 0.381. The molecule has 0 radical (unpaired) electrons. The molecule has 1 rings (SSSR count). The van der Waals surface area contributed by atoms with Gasteiger partial charge in [-0.2, -0.15) is 0 Å². The first-order chi connectivity index (χ1) is 8.02. The smallest absolute Gasteiger partial charge is 0.241 e. The normalized spacial score (nSPS) is 26.9. The molecule has 3 heteroatoms. The highest BCUT2D eigenvalue weighted by atomic mass is 16.2. The molecule has 3 unspecified atom stereocenters. The summed E-state index contributed by atoms with van der Waals surface area (Å²) in [5, 5.41) is 3.51. The van der Waals surface area contributed by atoms with E-state index in [1.165, 1.54) is 0 Å². The number of nitrogens with zero attached hydrogens (tertiary/aromatic N) is 1. The van der Waals surface area contributed by atoms with Gasteiger partial charge in [0, 0.05) is 6.04 Å². The summed E-state index contributed by atoms with van der Waals surface area (Å²) in [5.41, 5.74) is 0. The fourth-order valence-corrected chi connectivity index (χ4v) is 2.73. The molecule has 0 aliphatic carbocycles. The van der Waals surface area contributed by atoms with Crippen molar-refractivity contribution in [1.29, 1.82) is 0 Å². The van der Waals surface area contributed by atoms with E-state index in [-0.39, 0.29) is 12.2 Å². The maximum atomic E-state index is 12.4. The molecule has 1 saturated heterocycles. The molecule has 0 aromatic carbocycles. The summed E-state index contributed by atoms with van der Waals surface area (Å²) in [5.74, 6) is 0.681. The molecule has 1 aliphatic rings. The van der Waals surface area contributed by atoms with Crippen molar-refractivity contribution in [2.75, 3.05) is 0 Å². The van der Waals surface area contributed by atoms with Gasteiger partial charge in [0.05, 0.1) is 12.2 Å². The van der Waals surface area contributed by atoms with Crippen LogP contribution in [0, 0.1) is 5.92 Å². The van der Waals surface area contributed by atoms with Crippen molar-refractivity contribution in [2.24, 2.45) is 5.92 Å². The molecule has 1 aliphatic heterocycles. The molecule has 0 aromatic rings. The summed E-state index contributed by atoms with van der Waals surface area (Å²) in [6.45, 7) is 10.8. The molecule has 0 saturated carbocycles. The molecule has 0 bridgehead atoms. The maximum absolute atomic E-state index is 12.4. The number of nitrogens with one attached hydrogen (secondary N) is 1. The highest BCUT2D eigenvalue weighted by Crippen LogP contribution is 2.23. The number of amides is 1. The van der Waals surface area contributed by atoms with Crippen LogP contribution >= 0.6 is 0 Å². The standard InChI is InChI=1S/C14H28N2O/c1-6-8-11(5)16-12(9-7-2)15-13(10(3)4)14(16)17/h10-13,15H,6-9H2,1-5H3. The van der Waals surface area contributed by atoms with Crippen molar-refractivity contribution in [1.82, 2.24) is 10.2 Å². The van der Waals surface area contributed by atoms with Crippen LogP contribution in [0.1, 0.15) is 60.3 Å². The number of rotatable bonds is 6. The van der Waals surface area contributed by atoms with Crippen LogP contribution in [0.25, 0.3) is 0 Å². The minimum Gasteiger partial charge on any atom is -0.323 e. The van der Waals surface area contributed by atoms with Crippen LogP contribution in [0.15, 0.2) is 0 Å². The quantitative estimate of drug-likeness (QED) is 0.774. The van der Waals surface area contributed by atoms with Crippen molar-refractivity contribution in [3.63, 3.8) is 0 Å². The summed E-state index contributed by atoms with van der Waals surface area (Å²) in [7, 11) is 0.